The molecule has 2 atom stereocenters. The summed E-state index contributed by atoms with van der Waals surface area (Å²) < 4.78 is 6.14. The minimum absolute atomic E-state index is 0.0202. The molecule has 0 aromatic heterocycles. The van der Waals surface area contributed by atoms with Gasteiger partial charge in [0.15, 0.2) is 0 Å². The first kappa shape index (κ1) is 14.5. The lowest BCUT2D eigenvalue weighted by Gasteiger charge is -2.30. The summed E-state index contributed by atoms with van der Waals surface area (Å²) in [7, 11) is 0. The van der Waals surface area contributed by atoms with Crippen LogP contribution in [0.15, 0.2) is 30.3 Å². The van der Waals surface area contributed by atoms with E-state index in [4.69, 9.17) is 4.74 Å². The summed E-state index contributed by atoms with van der Waals surface area (Å²) in [4.78, 5) is 0. The Kier molecular flexibility index (Phi) is 4.03. The minimum atomic E-state index is -0.0888. The predicted molar refractivity (Wildman–Crippen MR) is 80.4 cm³/mol. The van der Waals surface area contributed by atoms with Crippen molar-refractivity contribution in [3.05, 3.63) is 35.9 Å². The largest absolute Gasteiger partial charge is 0.368 e. The Hall–Kier alpha value is -0.860. The molecule has 19 heavy (non-hydrogen) atoms. The van der Waals surface area contributed by atoms with Crippen molar-refractivity contribution in [2.45, 2.75) is 70.7 Å². The van der Waals surface area contributed by atoms with Gasteiger partial charge >= 0.3 is 0 Å². The molecule has 0 saturated carbocycles. The molecule has 2 heteroatoms. The molecule has 1 heterocycles. The van der Waals surface area contributed by atoms with Crippen LogP contribution in [0, 0.1) is 0 Å². The average molecular weight is 261 g/mol. The van der Waals surface area contributed by atoms with E-state index < -0.39 is 0 Å². The summed E-state index contributed by atoms with van der Waals surface area (Å²) in [5, 5.41) is 3.75. The second-order valence-electron chi connectivity index (χ2n) is 6.98. The SMILES string of the molecule is CC(Cc1ccccc1)NC1CC(C)(C)OC1(C)C. The molecule has 0 aliphatic carbocycles. The monoisotopic (exact) mass is 261 g/mol. The van der Waals surface area contributed by atoms with Gasteiger partial charge in [0.1, 0.15) is 0 Å². The topological polar surface area (TPSA) is 21.3 Å². The van der Waals surface area contributed by atoms with Crippen molar-refractivity contribution in [1.82, 2.24) is 5.32 Å². The Morgan fingerprint density at radius 2 is 1.84 bits per heavy atom. The van der Waals surface area contributed by atoms with Crippen molar-refractivity contribution < 1.29 is 4.74 Å². The average Bonchev–Trinajstić information content (AvgIpc) is 2.47. The summed E-state index contributed by atoms with van der Waals surface area (Å²) >= 11 is 0. The summed E-state index contributed by atoms with van der Waals surface area (Å²) in [6.07, 6.45) is 2.13. The number of hydrogen-bond donors (Lipinski definition) is 1. The molecule has 0 amide bonds. The molecular weight excluding hydrogens is 234 g/mol. The maximum Gasteiger partial charge on any atom is 0.0787 e. The van der Waals surface area contributed by atoms with Gasteiger partial charge in [-0.2, -0.15) is 0 Å². The van der Waals surface area contributed by atoms with E-state index in [0.717, 1.165) is 12.8 Å². The van der Waals surface area contributed by atoms with Crippen molar-refractivity contribution in [2.24, 2.45) is 0 Å². The number of hydrogen-bond acceptors (Lipinski definition) is 2. The molecular formula is C17H27NO. The Balaban J connectivity index is 1.94. The summed E-state index contributed by atoms with van der Waals surface area (Å²) in [6.45, 7) is 11.0. The fraction of sp³-hybridized carbons (Fsp3) is 0.647. The summed E-state index contributed by atoms with van der Waals surface area (Å²) in [6, 6.07) is 11.5. The van der Waals surface area contributed by atoms with Gasteiger partial charge in [-0.25, -0.2) is 0 Å². The van der Waals surface area contributed by atoms with Crippen molar-refractivity contribution >= 4 is 0 Å². The zero-order valence-electron chi connectivity index (χ0n) is 12.9. The highest BCUT2D eigenvalue weighted by atomic mass is 16.5. The van der Waals surface area contributed by atoms with Gasteiger partial charge in [0, 0.05) is 12.1 Å². The van der Waals surface area contributed by atoms with Gasteiger partial charge in [-0.05, 0) is 53.0 Å². The van der Waals surface area contributed by atoms with Gasteiger partial charge in [0.05, 0.1) is 11.2 Å². The molecule has 2 nitrogen and oxygen atoms in total. The van der Waals surface area contributed by atoms with E-state index in [1.807, 2.05) is 0 Å². The Bertz CT molecular complexity index is 411. The van der Waals surface area contributed by atoms with Crippen LogP contribution >= 0.6 is 0 Å². The van der Waals surface area contributed by atoms with Crippen LogP contribution in [0.5, 0.6) is 0 Å². The van der Waals surface area contributed by atoms with E-state index in [0.29, 0.717) is 12.1 Å². The third kappa shape index (κ3) is 3.80. The maximum atomic E-state index is 6.14. The lowest BCUT2D eigenvalue weighted by molar-refractivity contribution is -0.0703. The number of ether oxygens (including phenoxy) is 1. The van der Waals surface area contributed by atoms with Crippen LogP contribution in [0.4, 0.5) is 0 Å². The van der Waals surface area contributed by atoms with Crippen molar-refractivity contribution in [1.29, 1.82) is 0 Å². The standard InChI is InChI=1S/C17H27NO/c1-13(11-14-9-7-6-8-10-14)18-15-12-16(2,3)19-17(15,4)5/h6-10,13,15,18H,11-12H2,1-5H3. The molecule has 1 aliphatic rings. The molecule has 0 bridgehead atoms. The van der Waals surface area contributed by atoms with Crippen LogP contribution in [0.2, 0.25) is 0 Å². The van der Waals surface area contributed by atoms with E-state index >= 15 is 0 Å². The van der Waals surface area contributed by atoms with Gasteiger partial charge in [-0.15, -0.1) is 0 Å². The maximum absolute atomic E-state index is 6.14. The predicted octanol–water partition coefficient (Wildman–Crippen LogP) is 3.55. The quantitative estimate of drug-likeness (QED) is 0.895. The molecule has 2 rings (SSSR count). The van der Waals surface area contributed by atoms with Gasteiger partial charge in [-0.1, -0.05) is 30.3 Å². The number of benzene rings is 1. The molecule has 1 saturated heterocycles. The molecule has 106 valence electrons. The smallest absolute Gasteiger partial charge is 0.0787 e. The zero-order chi connectivity index (χ0) is 14.1. The van der Waals surface area contributed by atoms with Gasteiger partial charge in [-0.3, -0.25) is 0 Å². The first-order valence-corrected chi connectivity index (χ1v) is 7.29. The first-order valence-electron chi connectivity index (χ1n) is 7.29. The van der Waals surface area contributed by atoms with E-state index in [2.05, 4.69) is 70.3 Å². The summed E-state index contributed by atoms with van der Waals surface area (Å²) in [5.74, 6) is 0. The number of nitrogens with one attached hydrogen (secondary N) is 1. The Morgan fingerprint density at radius 1 is 1.21 bits per heavy atom. The van der Waals surface area contributed by atoms with Gasteiger partial charge in [0.25, 0.3) is 0 Å². The van der Waals surface area contributed by atoms with Gasteiger partial charge < -0.3 is 10.1 Å². The fourth-order valence-electron chi connectivity index (χ4n) is 3.19. The second-order valence-corrected chi connectivity index (χ2v) is 6.98. The Morgan fingerprint density at radius 3 is 2.37 bits per heavy atom. The molecule has 0 spiro atoms. The highest BCUT2D eigenvalue weighted by Gasteiger charge is 2.45. The minimum Gasteiger partial charge on any atom is -0.368 e. The highest BCUT2D eigenvalue weighted by molar-refractivity contribution is 5.16. The normalized spacial score (nSPS) is 26.3. The van der Waals surface area contributed by atoms with E-state index in [-0.39, 0.29) is 11.2 Å². The molecule has 1 N–H and O–H groups in total. The van der Waals surface area contributed by atoms with Crippen molar-refractivity contribution in [3.8, 4) is 0 Å². The Labute approximate surface area is 117 Å². The third-order valence-electron chi connectivity index (χ3n) is 3.94. The lowest BCUT2D eigenvalue weighted by Crippen LogP contribution is -2.47. The van der Waals surface area contributed by atoms with E-state index in [1.54, 1.807) is 0 Å². The number of rotatable bonds is 4. The fourth-order valence-corrected chi connectivity index (χ4v) is 3.19. The molecule has 1 aliphatic heterocycles. The van der Waals surface area contributed by atoms with Crippen LogP contribution in [-0.4, -0.2) is 23.3 Å². The van der Waals surface area contributed by atoms with E-state index in [9.17, 15) is 0 Å². The van der Waals surface area contributed by atoms with Crippen LogP contribution < -0.4 is 5.32 Å². The molecule has 0 radical (unpaired) electrons. The molecule has 1 aromatic carbocycles. The molecule has 1 fully saturated rings. The second kappa shape index (κ2) is 5.26. The highest BCUT2D eigenvalue weighted by Crippen LogP contribution is 2.37. The summed E-state index contributed by atoms with van der Waals surface area (Å²) in [5.41, 5.74) is 1.28. The third-order valence-corrected chi connectivity index (χ3v) is 3.94. The van der Waals surface area contributed by atoms with Crippen molar-refractivity contribution in [3.63, 3.8) is 0 Å². The first-order chi connectivity index (χ1) is 8.78. The van der Waals surface area contributed by atoms with Gasteiger partial charge in [0.2, 0.25) is 0 Å². The van der Waals surface area contributed by atoms with Crippen LogP contribution in [0.1, 0.15) is 46.6 Å². The molecule has 1 aromatic rings. The van der Waals surface area contributed by atoms with Crippen LogP contribution in [-0.2, 0) is 11.2 Å². The van der Waals surface area contributed by atoms with Crippen molar-refractivity contribution in [2.75, 3.05) is 0 Å². The van der Waals surface area contributed by atoms with E-state index in [1.165, 1.54) is 5.56 Å². The van der Waals surface area contributed by atoms with Crippen LogP contribution in [0.25, 0.3) is 0 Å². The molecule has 2 unspecified atom stereocenters. The van der Waals surface area contributed by atoms with Crippen LogP contribution in [0.3, 0.4) is 0 Å². The zero-order valence-corrected chi connectivity index (χ0v) is 12.9. The lowest BCUT2D eigenvalue weighted by atomic mass is 9.93.